The summed E-state index contributed by atoms with van der Waals surface area (Å²) in [5.41, 5.74) is 2.80. The molecule has 0 unspecified atom stereocenters. The predicted octanol–water partition coefficient (Wildman–Crippen LogP) is 5.79. The van der Waals surface area contributed by atoms with Gasteiger partial charge in [0.2, 0.25) is 0 Å². The van der Waals surface area contributed by atoms with Crippen molar-refractivity contribution in [2.45, 2.75) is 17.6 Å². The average molecular weight is 524 g/mol. The van der Waals surface area contributed by atoms with Crippen LogP contribution in [0.3, 0.4) is 0 Å². The van der Waals surface area contributed by atoms with E-state index in [-0.39, 0.29) is 10.8 Å². The minimum Gasteiger partial charge on any atom is -0.351 e. The van der Waals surface area contributed by atoms with Gasteiger partial charge in [-0.1, -0.05) is 47.0 Å². The highest BCUT2D eigenvalue weighted by Crippen LogP contribution is 2.28. The molecule has 3 rings (SSSR count). The third-order valence-corrected chi connectivity index (χ3v) is 8.51. The second-order valence-electron chi connectivity index (χ2n) is 7.34. The van der Waals surface area contributed by atoms with Crippen molar-refractivity contribution in [3.63, 3.8) is 0 Å². The van der Waals surface area contributed by atoms with E-state index >= 15 is 0 Å². The minimum atomic E-state index is -3.68. The number of anilines is 1. The number of amides is 1. The van der Waals surface area contributed by atoms with E-state index in [4.69, 9.17) is 23.2 Å². The number of rotatable bonds is 9. The Balaban J connectivity index is 1.53. The van der Waals surface area contributed by atoms with Gasteiger partial charge in [0.1, 0.15) is 0 Å². The highest BCUT2D eigenvalue weighted by atomic mass is 35.5. The smallest absolute Gasteiger partial charge is 0.264 e. The molecule has 0 atom stereocenters. The van der Waals surface area contributed by atoms with Crippen LogP contribution in [0.25, 0.3) is 0 Å². The quantitative estimate of drug-likeness (QED) is 0.361. The predicted molar refractivity (Wildman–Crippen MR) is 138 cm³/mol. The molecule has 9 heteroatoms. The summed E-state index contributed by atoms with van der Waals surface area (Å²) in [6, 6.07) is 18.6. The van der Waals surface area contributed by atoms with Gasteiger partial charge in [0.15, 0.2) is 0 Å². The van der Waals surface area contributed by atoms with E-state index in [1.54, 1.807) is 78.5 Å². The summed E-state index contributed by atoms with van der Waals surface area (Å²) in [6.07, 6.45) is 0. The maximum absolute atomic E-state index is 12.8. The highest BCUT2D eigenvalue weighted by Gasteiger charge is 2.21. The third-order valence-electron chi connectivity index (χ3n) is 5.01. The number of hydrogen-bond acceptors (Lipinski definition) is 4. The van der Waals surface area contributed by atoms with E-state index in [0.29, 0.717) is 39.3 Å². The number of benzene rings is 3. The summed E-state index contributed by atoms with van der Waals surface area (Å²) in [5.74, 6) is 1.13. The lowest BCUT2D eigenvalue weighted by Crippen LogP contribution is -2.27. The lowest BCUT2D eigenvalue weighted by Gasteiger charge is -2.20. The van der Waals surface area contributed by atoms with Crippen LogP contribution in [-0.2, 0) is 15.8 Å². The molecule has 1 amide bonds. The molecule has 0 aliphatic rings. The Bertz CT molecular complexity index is 1200. The van der Waals surface area contributed by atoms with Crippen LogP contribution in [-0.4, -0.2) is 33.7 Å². The maximum Gasteiger partial charge on any atom is 0.264 e. The molecule has 174 valence electrons. The zero-order valence-electron chi connectivity index (χ0n) is 18.2. The molecule has 1 N–H and O–H groups in total. The molecule has 0 saturated carbocycles. The van der Waals surface area contributed by atoms with Crippen molar-refractivity contribution in [1.29, 1.82) is 0 Å². The molecule has 0 radical (unpaired) electrons. The van der Waals surface area contributed by atoms with E-state index in [0.717, 1.165) is 11.1 Å². The van der Waals surface area contributed by atoms with Crippen molar-refractivity contribution >= 4 is 56.6 Å². The first-order valence-corrected chi connectivity index (χ1v) is 13.5. The lowest BCUT2D eigenvalue weighted by molar-refractivity contribution is 0.0956. The normalized spacial score (nSPS) is 11.3. The second-order valence-corrected chi connectivity index (χ2v) is 11.2. The van der Waals surface area contributed by atoms with Gasteiger partial charge in [-0.3, -0.25) is 9.10 Å². The molecule has 0 aliphatic heterocycles. The number of sulfonamides is 1. The van der Waals surface area contributed by atoms with Gasteiger partial charge in [-0.05, 0) is 61.0 Å². The molecular weight excluding hydrogens is 499 g/mol. The van der Waals surface area contributed by atoms with Crippen LogP contribution in [0.2, 0.25) is 10.0 Å². The number of aryl methyl sites for hydroxylation is 1. The molecule has 5 nitrogen and oxygen atoms in total. The molecule has 33 heavy (non-hydrogen) atoms. The van der Waals surface area contributed by atoms with Crippen molar-refractivity contribution in [2.75, 3.05) is 23.7 Å². The Morgan fingerprint density at radius 2 is 1.58 bits per heavy atom. The van der Waals surface area contributed by atoms with Crippen LogP contribution in [0.4, 0.5) is 5.69 Å². The van der Waals surface area contributed by atoms with Crippen molar-refractivity contribution in [2.24, 2.45) is 0 Å². The zero-order chi connectivity index (χ0) is 24.0. The number of carbonyl (C=O) groups excluding carboxylic acids is 1. The Labute approximate surface area is 209 Å². The Morgan fingerprint density at radius 3 is 2.18 bits per heavy atom. The summed E-state index contributed by atoms with van der Waals surface area (Å²) in [4.78, 5) is 12.6. The van der Waals surface area contributed by atoms with Gasteiger partial charge in [-0.15, -0.1) is 0 Å². The standard InChI is InChI=1S/C24H24Cl2N2O3S2/c1-17-6-12-20(13-7-17)33(30,31)28(2)19-10-8-18(9-11-19)24(29)27-14-15-32-16-21-22(25)4-3-5-23(21)26/h3-13H,14-16H2,1-2H3,(H,27,29). The SMILES string of the molecule is Cc1ccc(S(=O)(=O)N(C)c2ccc(C(=O)NCCSCc3c(Cl)cccc3Cl)cc2)cc1. The molecule has 0 heterocycles. The fourth-order valence-corrected chi connectivity index (χ4v) is 5.80. The molecule has 0 fully saturated rings. The number of nitrogens with one attached hydrogen (secondary N) is 1. The highest BCUT2D eigenvalue weighted by molar-refractivity contribution is 7.98. The fourth-order valence-electron chi connectivity index (χ4n) is 3.01. The first-order chi connectivity index (χ1) is 15.7. The molecule has 3 aromatic carbocycles. The Morgan fingerprint density at radius 1 is 0.970 bits per heavy atom. The van der Waals surface area contributed by atoms with Gasteiger partial charge in [0.25, 0.3) is 15.9 Å². The van der Waals surface area contributed by atoms with Gasteiger partial charge < -0.3 is 5.32 Å². The van der Waals surface area contributed by atoms with Crippen LogP contribution < -0.4 is 9.62 Å². The zero-order valence-corrected chi connectivity index (χ0v) is 21.4. The van der Waals surface area contributed by atoms with E-state index in [9.17, 15) is 13.2 Å². The first kappa shape index (κ1) is 25.4. The summed E-state index contributed by atoms with van der Waals surface area (Å²) in [6.45, 7) is 2.38. The first-order valence-electron chi connectivity index (χ1n) is 10.1. The number of carbonyl (C=O) groups is 1. The van der Waals surface area contributed by atoms with E-state index in [1.165, 1.54) is 11.4 Å². The van der Waals surface area contributed by atoms with Gasteiger partial charge in [0.05, 0.1) is 10.6 Å². The Kier molecular flexibility index (Phi) is 8.70. The van der Waals surface area contributed by atoms with Gasteiger partial charge in [-0.25, -0.2) is 8.42 Å². The van der Waals surface area contributed by atoms with Gasteiger partial charge in [0, 0.05) is 40.7 Å². The summed E-state index contributed by atoms with van der Waals surface area (Å²) in [5, 5.41) is 4.13. The summed E-state index contributed by atoms with van der Waals surface area (Å²) in [7, 11) is -2.19. The van der Waals surface area contributed by atoms with Crippen LogP contribution >= 0.6 is 35.0 Å². The van der Waals surface area contributed by atoms with E-state index in [2.05, 4.69) is 5.32 Å². The van der Waals surface area contributed by atoms with Crippen molar-refractivity contribution in [1.82, 2.24) is 5.32 Å². The number of halogens is 2. The number of thioether (sulfide) groups is 1. The fraction of sp³-hybridized carbons (Fsp3) is 0.208. The molecule has 0 saturated heterocycles. The number of hydrogen-bond donors (Lipinski definition) is 1. The molecule has 0 bridgehead atoms. The monoisotopic (exact) mass is 522 g/mol. The largest absolute Gasteiger partial charge is 0.351 e. The topological polar surface area (TPSA) is 66.5 Å². The third kappa shape index (κ3) is 6.44. The number of nitrogens with zero attached hydrogens (tertiary/aromatic N) is 1. The summed E-state index contributed by atoms with van der Waals surface area (Å²) < 4.78 is 26.9. The molecule has 0 spiro atoms. The van der Waals surface area contributed by atoms with E-state index < -0.39 is 10.0 Å². The van der Waals surface area contributed by atoms with Crippen LogP contribution in [0, 0.1) is 6.92 Å². The molecule has 3 aromatic rings. The molecule has 0 aliphatic carbocycles. The second kappa shape index (κ2) is 11.3. The minimum absolute atomic E-state index is 0.216. The van der Waals surface area contributed by atoms with Crippen LogP contribution in [0.5, 0.6) is 0 Å². The lowest BCUT2D eigenvalue weighted by atomic mass is 10.2. The van der Waals surface area contributed by atoms with Gasteiger partial charge >= 0.3 is 0 Å². The van der Waals surface area contributed by atoms with Crippen LogP contribution in [0.15, 0.2) is 71.6 Å². The average Bonchev–Trinajstić information content (AvgIpc) is 2.80. The molecule has 0 aromatic heterocycles. The van der Waals surface area contributed by atoms with E-state index in [1.807, 2.05) is 6.92 Å². The summed E-state index contributed by atoms with van der Waals surface area (Å²) >= 11 is 14.0. The maximum atomic E-state index is 12.8. The van der Waals surface area contributed by atoms with Crippen molar-refractivity contribution in [3.8, 4) is 0 Å². The van der Waals surface area contributed by atoms with Gasteiger partial charge in [-0.2, -0.15) is 11.8 Å². The Hall–Kier alpha value is -2.19. The van der Waals surface area contributed by atoms with Crippen molar-refractivity contribution in [3.05, 3.63) is 93.5 Å². The van der Waals surface area contributed by atoms with Crippen molar-refractivity contribution < 1.29 is 13.2 Å². The molecular formula is C24H24Cl2N2O3S2. The van der Waals surface area contributed by atoms with Crippen LogP contribution in [0.1, 0.15) is 21.5 Å².